The van der Waals surface area contributed by atoms with Crippen LogP contribution in [0.4, 0.5) is 10.1 Å². The Morgan fingerprint density at radius 2 is 1.95 bits per heavy atom. The molecular formula is C16H17FN2O2. The molecule has 0 saturated heterocycles. The first-order valence-electron chi connectivity index (χ1n) is 6.85. The lowest BCUT2D eigenvalue weighted by molar-refractivity contribution is -0.384. The monoisotopic (exact) mass is 288 g/mol. The summed E-state index contributed by atoms with van der Waals surface area (Å²) in [6.07, 6.45) is 0.993. The summed E-state index contributed by atoms with van der Waals surface area (Å²) in [7, 11) is 0. The lowest BCUT2D eigenvalue weighted by atomic mass is 10.0. The Labute approximate surface area is 122 Å². The topological polar surface area (TPSA) is 55.2 Å². The van der Waals surface area contributed by atoms with Gasteiger partial charge in [-0.25, -0.2) is 4.39 Å². The highest BCUT2D eigenvalue weighted by molar-refractivity contribution is 5.66. The normalized spacial score (nSPS) is 10.6. The van der Waals surface area contributed by atoms with E-state index < -0.39 is 4.92 Å². The van der Waals surface area contributed by atoms with Crippen molar-refractivity contribution in [2.75, 3.05) is 6.54 Å². The number of nitrogens with one attached hydrogen (secondary N) is 1. The van der Waals surface area contributed by atoms with E-state index in [1.807, 2.05) is 0 Å². The van der Waals surface area contributed by atoms with Crippen molar-refractivity contribution in [3.8, 4) is 11.1 Å². The molecule has 21 heavy (non-hydrogen) atoms. The van der Waals surface area contributed by atoms with Gasteiger partial charge in [0.05, 0.1) is 4.92 Å². The maximum Gasteiger partial charge on any atom is 0.270 e. The fourth-order valence-electron chi connectivity index (χ4n) is 2.07. The minimum atomic E-state index is -0.455. The molecule has 0 aliphatic rings. The Hall–Kier alpha value is -2.27. The number of benzene rings is 2. The van der Waals surface area contributed by atoms with E-state index in [0.717, 1.165) is 13.0 Å². The van der Waals surface area contributed by atoms with Crippen LogP contribution in [0.5, 0.6) is 0 Å². The van der Waals surface area contributed by atoms with Gasteiger partial charge in [-0.1, -0.05) is 31.2 Å². The molecule has 2 aromatic carbocycles. The van der Waals surface area contributed by atoms with Crippen LogP contribution in [0, 0.1) is 15.9 Å². The highest BCUT2D eigenvalue weighted by Crippen LogP contribution is 2.25. The average Bonchev–Trinajstić information content (AvgIpc) is 2.49. The number of hydrogen-bond acceptors (Lipinski definition) is 3. The third kappa shape index (κ3) is 3.86. The van der Waals surface area contributed by atoms with Crippen LogP contribution in [-0.4, -0.2) is 11.5 Å². The molecule has 0 unspecified atom stereocenters. The standard InChI is InChI=1S/C16H17FN2O2/c1-2-8-18-11-14-7-6-13(10-16(14)17)12-4-3-5-15(9-12)19(20)21/h3-7,9-10,18H,2,8,11H2,1H3. The molecule has 0 spiro atoms. The van der Waals surface area contributed by atoms with E-state index in [-0.39, 0.29) is 11.5 Å². The van der Waals surface area contributed by atoms with Gasteiger partial charge in [0.1, 0.15) is 5.82 Å². The van der Waals surface area contributed by atoms with Gasteiger partial charge in [-0.2, -0.15) is 0 Å². The molecular weight excluding hydrogens is 271 g/mol. The third-order valence-corrected chi connectivity index (χ3v) is 3.19. The Balaban J connectivity index is 2.23. The molecule has 0 radical (unpaired) electrons. The lowest BCUT2D eigenvalue weighted by Crippen LogP contribution is -2.14. The molecule has 0 saturated carbocycles. The SMILES string of the molecule is CCCNCc1ccc(-c2cccc([N+](=O)[O-])c2)cc1F. The largest absolute Gasteiger partial charge is 0.313 e. The van der Waals surface area contributed by atoms with Crippen LogP contribution in [0.3, 0.4) is 0 Å². The molecule has 0 aromatic heterocycles. The molecule has 5 heteroatoms. The van der Waals surface area contributed by atoms with Gasteiger partial charge >= 0.3 is 0 Å². The van der Waals surface area contributed by atoms with E-state index in [2.05, 4.69) is 12.2 Å². The second kappa shape index (κ2) is 6.95. The number of non-ortho nitro benzene ring substituents is 1. The third-order valence-electron chi connectivity index (χ3n) is 3.19. The minimum absolute atomic E-state index is 0.00148. The second-order valence-electron chi connectivity index (χ2n) is 4.79. The van der Waals surface area contributed by atoms with E-state index in [0.29, 0.717) is 23.2 Å². The lowest BCUT2D eigenvalue weighted by Gasteiger charge is -2.07. The van der Waals surface area contributed by atoms with Crippen molar-refractivity contribution >= 4 is 5.69 Å². The highest BCUT2D eigenvalue weighted by atomic mass is 19.1. The van der Waals surface area contributed by atoms with Crippen molar-refractivity contribution in [3.63, 3.8) is 0 Å². The van der Waals surface area contributed by atoms with Crippen LogP contribution in [0.15, 0.2) is 42.5 Å². The Morgan fingerprint density at radius 1 is 1.19 bits per heavy atom. The molecule has 0 amide bonds. The van der Waals surface area contributed by atoms with Crippen molar-refractivity contribution in [1.82, 2.24) is 5.32 Å². The number of nitrogens with zero attached hydrogens (tertiary/aromatic N) is 1. The van der Waals surface area contributed by atoms with Crippen LogP contribution in [0.25, 0.3) is 11.1 Å². The number of halogens is 1. The smallest absolute Gasteiger partial charge is 0.270 e. The molecule has 0 heterocycles. The number of rotatable bonds is 6. The van der Waals surface area contributed by atoms with Crippen molar-refractivity contribution in [1.29, 1.82) is 0 Å². The predicted octanol–water partition coefficient (Wildman–Crippen LogP) is 3.90. The van der Waals surface area contributed by atoms with Gasteiger partial charge in [0.15, 0.2) is 0 Å². The molecule has 0 bridgehead atoms. The Bertz CT molecular complexity index is 644. The van der Waals surface area contributed by atoms with Gasteiger partial charge in [0.25, 0.3) is 5.69 Å². The van der Waals surface area contributed by atoms with Gasteiger partial charge in [0.2, 0.25) is 0 Å². The molecule has 110 valence electrons. The van der Waals surface area contributed by atoms with E-state index >= 15 is 0 Å². The van der Waals surface area contributed by atoms with Gasteiger partial charge in [0, 0.05) is 24.2 Å². The molecule has 4 nitrogen and oxygen atoms in total. The summed E-state index contributed by atoms with van der Waals surface area (Å²) in [5, 5.41) is 13.9. The van der Waals surface area contributed by atoms with Crippen LogP contribution >= 0.6 is 0 Å². The number of nitro benzene ring substituents is 1. The van der Waals surface area contributed by atoms with Gasteiger partial charge in [-0.15, -0.1) is 0 Å². The molecule has 2 rings (SSSR count). The molecule has 0 fully saturated rings. The summed E-state index contributed by atoms with van der Waals surface area (Å²) in [4.78, 5) is 10.3. The van der Waals surface area contributed by atoms with E-state index in [9.17, 15) is 14.5 Å². The van der Waals surface area contributed by atoms with Gasteiger partial charge < -0.3 is 5.32 Å². The summed E-state index contributed by atoms with van der Waals surface area (Å²) < 4.78 is 14.0. The second-order valence-corrected chi connectivity index (χ2v) is 4.79. The first-order chi connectivity index (χ1) is 10.1. The maximum atomic E-state index is 14.0. The van der Waals surface area contributed by atoms with Gasteiger partial charge in [-0.05, 0) is 30.2 Å². The van der Waals surface area contributed by atoms with Crippen molar-refractivity contribution in [2.45, 2.75) is 19.9 Å². The summed E-state index contributed by atoms with van der Waals surface area (Å²) in [6.45, 7) is 3.37. The Morgan fingerprint density at radius 3 is 2.62 bits per heavy atom. The summed E-state index contributed by atoms with van der Waals surface area (Å²) >= 11 is 0. The summed E-state index contributed by atoms with van der Waals surface area (Å²) in [5.74, 6) is -0.303. The molecule has 1 N–H and O–H groups in total. The molecule has 0 aliphatic heterocycles. The first kappa shape index (κ1) is 15.1. The summed E-state index contributed by atoms with van der Waals surface area (Å²) in [5.41, 5.74) is 1.87. The van der Waals surface area contributed by atoms with Gasteiger partial charge in [-0.3, -0.25) is 10.1 Å². The zero-order chi connectivity index (χ0) is 15.2. The predicted molar refractivity (Wildman–Crippen MR) is 80.5 cm³/mol. The highest BCUT2D eigenvalue weighted by Gasteiger charge is 2.09. The van der Waals surface area contributed by atoms with Crippen LogP contribution < -0.4 is 5.32 Å². The quantitative estimate of drug-likeness (QED) is 0.498. The van der Waals surface area contributed by atoms with E-state index in [1.165, 1.54) is 18.2 Å². The van der Waals surface area contributed by atoms with Crippen molar-refractivity contribution in [3.05, 3.63) is 64.0 Å². The van der Waals surface area contributed by atoms with E-state index in [4.69, 9.17) is 0 Å². The van der Waals surface area contributed by atoms with E-state index in [1.54, 1.807) is 24.3 Å². The molecule has 2 aromatic rings. The zero-order valence-corrected chi connectivity index (χ0v) is 11.8. The fourth-order valence-corrected chi connectivity index (χ4v) is 2.07. The minimum Gasteiger partial charge on any atom is -0.313 e. The van der Waals surface area contributed by atoms with Crippen LogP contribution in [-0.2, 0) is 6.54 Å². The van der Waals surface area contributed by atoms with Crippen molar-refractivity contribution < 1.29 is 9.31 Å². The maximum absolute atomic E-state index is 14.0. The van der Waals surface area contributed by atoms with Crippen LogP contribution in [0.1, 0.15) is 18.9 Å². The molecule has 0 atom stereocenters. The number of hydrogen-bond donors (Lipinski definition) is 1. The average molecular weight is 288 g/mol. The first-order valence-corrected chi connectivity index (χ1v) is 6.85. The Kier molecular flexibility index (Phi) is 5.00. The van der Waals surface area contributed by atoms with Crippen molar-refractivity contribution in [2.24, 2.45) is 0 Å². The number of nitro groups is 1. The summed E-state index contributed by atoms with van der Waals surface area (Å²) in [6, 6.07) is 11.1. The zero-order valence-electron chi connectivity index (χ0n) is 11.8. The molecule has 0 aliphatic carbocycles. The van der Waals surface area contributed by atoms with Crippen LogP contribution in [0.2, 0.25) is 0 Å². The fraction of sp³-hybridized carbons (Fsp3) is 0.250.